The van der Waals surface area contributed by atoms with Gasteiger partial charge in [0.25, 0.3) is 5.91 Å². The molecule has 34 heavy (non-hydrogen) atoms. The molecule has 0 aliphatic rings. The number of benzene rings is 3. The maximum Gasteiger partial charge on any atom is 0.251 e. The molecule has 0 bridgehead atoms. The van der Waals surface area contributed by atoms with Crippen molar-refractivity contribution in [2.24, 2.45) is 0 Å². The summed E-state index contributed by atoms with van der Waals surface area (Å²) in [6.45, 7) is 0.300. The number of nitrogens with one attached hydrogen (secondary N) is 2. The fourth-order valence-corrected chi connectivity index (χ4v) is 3.35. The van der Waals surface area contributed by atoms with Gasteiger partial charge in [0.05, 0.1) is 14.2 Å². The van der Waals surface area contributed by atoms with Crippen LogP contribution in [-0.2, 0) is 6.54 Å². The molecule has 0 atom stereocenters. The topological polar surface area (TPSA) is 85.4 Å². The highest BCUT2D eigenvalue weighted by atomic mass is 19.1. The Bertz CT molecular complexity index is 1300. The van der Waals surface area contributed by atoms with Crippen LogP contribution in [0.15, 0.2) is 79.1 Å². The zero-order chi connectivity index (χ0) is 23.9. The van der Waals surface area contributed by atoms with E-state index in [1.807, 2.05) is 18.2 Å². The number of hydrogen-bond acceptors (Lipinski definition) is 6. The minimum Gasteiger partial charge on any atom is -0.497 e. The predicted molar refractivity (Wildman–Crippen MR) is 128 cm³/mol. The van der Waals surface area contributed by atoms with E-state index in [-0.39, 0.29) is 11.7 Å². The summed E-state index contributed by atoms with van der Waals surface area (Å²) in [5.74, 6) is 1.12. The monoisotopic (exact) mass is 458 g/mol. The van der Waals surface area contributed by atoms with E-state index in [0.717, 1.165) is 5.56 Å². The molecular formula is C26H23FN4O3. The molecule has 0 unspecified atom stereocenters. The minimum absolute atomic E-state index is 0.233. The molecule has 3 aromatic carbocycles. The lowest BCUT2D eigenvalue weighted by atomic mass is 10.1. The highest BCUT2D eigenvalue weighted by molar-refractivity contribution is 5.95. The Kier molecular flexibility index (Phi) is 6.98. The van der Waals surface area contributed by atoms with E-state index in [1.54, 1.807) is 63.0 Å². The first-order valence-corrected chi connectivity index (χ1v) is 10.5. The molecule has 0 fully saturated rings. The second-order valence-corrected chi connectivity index (χ2v) is 7.37. The largest absolute Gasteiger partial charge is 0.497 e. The molecule has 1 heterocycles. The molecule has 4 rings (SSSR count). The van der Waals surface area contributed by atoms with Crippen molar-refractivity contribution in [1.82, 2.24) is 15.3 Å². The lowest BCUT2D eigenvalue weighted by Gasteiger charge is -2.12. The maximum absolute atomic E-state index is 13.4. The van der Waals surface area contributed by atoms with Gasteiger partial charge < -0.3 is 20.1 Å². The van der Waals surface area contributed by atoms with Crippen LogP contribution in [0.1, 0.15) is 15.9 Å². The lowest BCUT2D eigenvalue weighted by molar-refractivity contribution is 0.0950. The molecular weight excluding hydrogens is 435 g/mol. The number of halogens is 1. The van der Waals surface area contributed by atoms with Crippen molar-refractivity contribution in [2.45, 2.75) is 6.54 Å². The fourth-order valence-electron chi connectivity index (χ4n) is 3.35. The third-order valence-corrected chi connectivity index (χ3v) is 5.12. The Morgan fingerprint density at radius 2 is 1.71 bits per heavy atom. The Morgan fingerprint density at radius 1 is 0.912 bits per heavy atom. The SMILES string of the molecule is COc1ccc(CNC(=O)c2cccc(Nc3ncc(-c4cccc(F)c4)cn3)c2)c(OC)c1. The van der Waals surface area contributed by atoms with Gasteiger partial charge in [-0.1, -0.05) is 18.2 Å². The van der Waals surface area contributed by atoms with Crippen LogP contribution < -0.4 is 20.1 Å². The van der Waals surface area contributed by atoms with Crippen molar-refractivity contribution in [3.63, 3.8) is 0 Å². The lowest BCUT2D eigenvalue weighted by Crippen LogP contribution is -2.23. The first-order valence-electron chi connectivity index (χ1n) is 10.5. The number of carbonyl (C=O) groups excluding carboxylic acids is 1. The van der Waals surface area contributed by atoms with Gasteiger partial charge in [-0.2, -0.15) is 0 Å². The van der Waals surface area contributed by atoms with Gasteiger partial charge in [0, 0.05) is 47.4 Å². The highest BCUT2D eigenvalue weighted by Crippen LogP contribution is 2.25. The summed E-state index contributed by atoms with van der Waals surface area (Å²) in [5.41, 5.74) is 3.37. The molecule has 2 N–H and O–H groups in total. The Morgan fingerprint density at radius 3 is 2.44 bits per heavy atom. The van der Waals surface area contributed by atoms with Gasteiger partial charge in [0.2, 0.25) is 5.95 Å². The molecule has 4 aromatic rings. The van der Waals surface area contributed by atoms with Crippen LogP contribution in [0, 0.1) is 5.82 Å². The number of anilines is 2. The molecule has 0 saturated carbocycles. The van der Waals surface area contributed by atoms with Crippen molar-refractivity contribution < 1.29 is 18.7 Å². The Balaban J connectivity index is 1.41. The van der Waals surface area contributed by atoms with Gasteiger partial charge in [-0.05, 0) is 48.0 Å². The van der Waals surface area contributed by atoms with E-state index in [4.69, 9.17) is 9.47 Å². The number of ether oxygens (including phenoxy) is 2. The summed E-state index contributed by atoms with van der Waals surface area (Å²) in [7, 11) is 3.16. The van der Waals surface area contributed by atoms with E-state index in [9.17, 15) is 9.18 Å². The molecule has 0 radical (unpaired) electrons. The Hall–Kier alpha value is -4.46. The number of carbonyl (C=O) groups is 1. The summed E-state index contributed by atoms with van der Waals surface area (Å²) < 4.78 is 24.0. The number of amides is 1. The second-order valence-electron chi connectivity index (χ2n) is 7.37. The highest BCUT2D eigenvalue weighted by Gasteiger charge is 2.10. The van der Waals surface area contributed by atoms with E-state index < -0.39 is 0 Å². The van der Waals surface area contributed by atoms with E-state index in [2.05, 4.69) is 20.6 Å². The number of nitrogens with zero attached hydrogens (tertiary/aromatic N) is 2. The molecule has 0 spiro atoms. The average molecular weight is 458 g/mol. The van der Waals surface area contributed by atoms with E-state index >= 15 is 0 Å². The number of rotatable bonds is 8. The number of aromatic nitrogens is 2. The maximum atomic E-state index is 13.4. The molecule has 1 aromatic heterocycles. The van der Waals surface area contributed by atoms with Crippen LogP contribution in [0.2, 0.25) is 0 Å². The first-order chi connectivity index (χ1) is 16.6. The molecule has 7 nitrogen and oxygen atoms in total. The first kappa shape index (κ1) is 22.7. The van der Waals surface area contributed by atoms with Gasteiger partial charge in [0.15, 0.2) is 0 Å². The molecule has 8 heteroatoms. The summed E-state index contributed by atoms with van der Waals surface area (Å²) in [5, 5.41) is 5.98. The van der Waals surface area contributed by atoms with Crippen molar-refractivity contribution in [1.29, 1.82) is 0 Å². The third kappa shape index (κ3) is 5.47. The fraction of sp³-hybridized carbons (Fsp3) is 0.115. The standard InChI is InChI=1S/C26H23FN4O3/c1-33-23-10-9-19(24(13-23)34-2)14-28-25(32)18-6-4-8-22(12-18)31-26-29-15-20(16-30-26)17-5-3-7-21(27)11-17/h3-13,15-16H,14H2,1-2H3,(H,28,32)(H,29,30,31). The number of hydrogen-bond donors (Lipinski definition) is 2. The molecule has 1 amide bonds. The minimum atomic E-state index is -0.319. The quantitative estimate of drug-likeness (QED) is 0.388. The summed E-state index contributed by atoms with van der Waals surface area (Å²) in [6, 6.07) is 18.7. The van der Waals surface area contributed by atoms with E-state index in [1.165, 1.54) is 12.1 Å². The number of methoxy groups -OCH3 is 2. The second kappa shape index (κ2) is 10.4. The predicted octanol–water partition coefficient (Wildman–Crippen LogP) is 4.97. The smallest absolute Gasteiger partial charge is 0.251 e. The van der Waals surface area contributed by atoms with Crippen LogP contribution >= 0.6 is 0 Å². The molecule has 0 aliphatic heterocycles. The van der Waals surface area contributed by atoms with Gasteiger partial charge >= 0.3 is 0 Å². The third-order valence-electron chi connectivity index (χ3n) is 5.12. The van der Waals surface area contributed by atoms with Gasteiger partial charge in [0.1, 0.15) is 17.3 Å². The van der Waals surface area contributed by atoms with Crippen LogP contribution in [0.25, 0.3) is 11.1 Å². The average Bonchev–Trinajstić information content (AvgIpc) is 2.87. The van der Waals surface area contributed by atoms with Gasteiger partial charge in [-0.25, -0.2) is 14.4 Å². The summed E-state index contributed by atoms with van der Waals surface area (Å²) in [4.78, 5) is 21.3. The Labute approximate surface area is 196 Å². The normalized spacial score (nSPS) is 10.4. The van der Waals surface area contributed by atoms with Crippen molar-refractivity contribution >= 4 is 17.5 Å². The van der Waals surface area contributed by atoms with Crippen molar-refractivity contribution in [2.75, 3.05) is 19.5 Å². The van der Waals surface area contributed by atoms with Crippen LogP contribution in [0.4, 0.5) is 16.0 Å². The van der Waals surface area contributed by atoms with Crippen LogP contribution in [-0.4, -0.2) is 30.1 Å². The molecule has 172 valence electrons. The van der Waals surface area contributed by atoms with Gasteiger partial charge in [-0.15, -0.1) is 0 Å². The zero-order valence-corrected chi connectivity index (χ0v) is 18.7. The van der Waals surface area contributed by atoms with Gasteiger partial charge in [-0.3, -0.25) is 4.79 Å². The summed E-state index contributed by atoms with van der Waals surface area (Å²) >= 11 is 0. The molecule has 0 aliphatic carbocycles. The van der Waals surface area contributed by atoms with Crippen molar-refractivity contribution in [3.8, 4) is 22.6 Å². The van der Waals surface area contributed by atoms with Crippen molar-refractivity contribution in [3.05, 3.63) is 96.1 Å². The van der Waals surface area contributed by atoms with Crippen LogP contribution in [0.3, 0.4) is 0 Å². The van der Waals surface area contributed by atoms with Crippen LogP contribution in [0.5, 0.6) is 11.5 Å². The molecule has 0 saturated heterocycles. The van der Waals surface area contributed by atoms with E-state index in [0.29, 0.717) is 46.4 Å². The zero-order valence-electron chi connectivity index (χ0n) is 18.7. The summed E-state index contributed by atoms with van der Waals surface area (Å²) in [6.07, 6.45) is 3.23.